The third-order valence-corrected chi connectivity index (χ3v) is 5.46. The number of aliphatic imine (C=N–C) groups is 1. The van der Waals surface area contributed by atoms with E-state index in [-0.39, 0.29) is 0 Å². The van der Waals surface area contributed by atoms with Crippen LogP contribution in [-0.2, 0) is 7.05 Å². The third kappa shape index (κ3) is 4.72. The summed E-state index contributed by atoms with van der Waals surface area (Å²) in [5, 5.41) is 12.0. The second-order valence-electron chi connectivity index (χ2n) is 7.98. The van der Waals surface area contributed by atoms with Gasteiger partial charge in [-0.3, -0.25) is 9.67 Å². The van der Waals surface area contributed by atoms with Crippen LogP contribution in [0.25, 0.3) is 11.0 Å². The molecule has 0 aromatic carbocycles. The Morgan fingerprint density at radius 1 is 1.32 bits per heavy atom. The van der Waals surface area contributed by atoms with Gasteiger partial charge in [-0.25, -0.2) is 9.97 Å². The number of anilines is 1. The van der Waals surface area contributed by atoms with Gasteiger partial charge in [0.2, 0.25) is 0 Å². The number of nitrogens with zero attached hydrogens (tertiary/aromatic N) is 6. The second-order valence-corrected chi connectivity index (χ2v) is 7.98. The molecule has 0 radical (unpaired) electrons. The summed E-state index contributed by atoms with van der Waals surface area (Å²) in [5.41, 5.74) is 1.23. The van der Waals surface area contributed by atoms with Gasteiger partial charge in [-0.2, -0.15) is 5.10 Å². The van der Waals surface area contributed by atoms with E-state index in [9.17, 15) is 0 Å². The van der Waals surface area contributed by atoms with Crippen molar-refractivity contribution in [3.05, 3.63) is 12.5 Å². The van der Waals surface area contributed by atoms with Crippen molar-refractivity contribution < 1.29 is 0 Å². The lowest BCUT2D eigenvalue weighted by Gasteiger charge is -2.42. The molecule has 2 N–H and O–H groups in total. The fraction of sp³-hybridized carbons (Fsp3) is 0.700. The van der Waals surface area contributed by atoms with E-state index in [1.165, 1.54) is 25.7 Å². The minimum absolute atomic E-state index is 0.397. The summed E-state index contributed by atoms with van der Waals surface area (Å²) >= 11 is 0. The molecule has 3 heterocycles. The average molecular weight is 387 g/mol. The van der Waals surface area contributed by atoms with Crippen molar-refractivity contribution >= 4 is 22.8 Å². The summed E-state index contributed by atoms with van der Waals surface area (Å²) < 4.78 is 1.76. The SMILES string of the molecule is CCCC1(C)CCCN(C(=NCCNc2ncnc3c2cnn3C)NCC)C1. The van der Waals surface area contributed by atoms with Crippen LogP contribution in [0.1, 0.15) is 46.5 Å². The Kier molecular flexibility index (Phi) is 6.70. The average Bonchev–Trinajstić information content (AvgIpc) is 3.06. The Bertz CT molecular complexity index is 795. The number of nitrogens with one attached hydrogen (secondary N) is 2. The number of likely N-dealkylation sites (tertiary alicyclic amines) is 1. The molecule has 154 valence electrons. The molecular formula is C20H34N8. The molecule has 8 nitrogen and oxygen atoms in total. The van der Waals surface area contributed by atoms with E-state index < -0.39 is 0 Å². The van der Waals surface area contributed by atoms with Gasteiger partial charge in [-0.1, -0.05) is 20.3 Å². The number of aryl methyl sites for hydroxylation is 1. The van der Waals surface area contributed by atoms with Gasteiger partial charge < -0.3 is 15.5 Å². The van der Waals surface area contributed by atoms with E-state index >= 15 is 0 Å². The Morgan fingerprint density at radius 2 is 2.18 bits per heavy atom. The maximum atomic E-state index is 4.87. The van der Waals surface area contributed by atoms with Crippen molar-refractivity contribution in [2.75, 3.05) is 38.0 Å². The van der Waals surface area contributed by atoms with Crippen LogP contribution < -0.4 is 10.6 Å². The standard InChI is InChI=1S/C20H34N8/c1-5-8-20(3)9-7-12-28(14-20)19(21-6-2)23-11-10-22-17-16-13-26-27(4)18(16)25-15-24-17/h13,15H,5-12,14H2,1-4H3,(H,21,23)(H,22,24,25). The first-order chi connectivity index (χ1) is 13.6. The maximum Gasteiger partial charge on any atom is 0.193 e. The number of hydrogen-bond acceptors (Lipinski definition) is 5. The van der Waals surface area contributed by atoms with E-state index in [0.29, 0.717) is 12.0 Å². The van der Waals surface area contributed by atoms with Gasteiger partial charge in [0.05, 0.1) is 18.1 Å². The molecule has 0 amide bonds. The molecule has 3 rings (SSSR count). The van der Waals surface area contributed by atoms with E-state index in [1.54, 1.807) is 17.2 Å². The van der Waals surface area contributed by atoms with Crippen molar-refractivity contribution in [2.45, 2.75) is 46.5 Å². The summed E-state index contributed by atoms with van der Waals surface area (Å²) in [7, 11) is 1.89. The first kappa shape index (κ1) is 20.4. The number of fused-ring (bicyclic) bond motifs is 1. The zero-order valence-electron chi connectivity index (χ0n) is 17.7. The molecule has 8 heteroatoms. The van der Waals surface area contributed by atoms with Crippen molar-refractivity contribution in [1.29, 1.82) is 0 Å². The first-order valence-corrected chi connectivity index (χ1v) is 10.5. The predicted molar refractivity (Wildman–Crippen MR) is 115 cm³/mol. The highest BCUT2D eigenvalue weighted by Gasteiger charge is 2.31. The summed E-state index contributed by atoms with van der Waals surface area (Å²) in [6, 6.07) is 0. The number of aromatic nitrogens is 4. The molecule has 0 bridgehead atoms. The van der Waals surface area contributed by atoms with Gasteiger partial charge in [0.25, 0.3) is 0 Å². The zero-order chi connectivity index (χ0) is 20.0. The van der Waals surface area contributed by atoms with Crippen molar-refractivity contribution in [2.24, 2.45) is 17.5 Å². The minimum atomic E-state index is 0.397. The Balaban J connectivity index is 1.61. The monoisotopic (exact) mass is 386 g/mol. The molecule has 1 saturated heterocycles. The smallest absolute Gasteiger partial charge is 0.193 e. The van der Waals surface area contributed by atoms with Crippen LogP contribution in [0.4, 0.5) is 5.82 Å². The Hall–Kier alpha value is -2.38. The lowest BCUT2D eigenvalue weighted by atomic mass is 9.78. The van der Waals surface area contributed by atoms with Gasteiger partial charge in [0.1, 0.15) is 12.1 Å². The second kappa shape index (κ2) is 9.21. The lowest BCUT2D eigenvalue weighted by Crippen LogP contribution is -2.50. The van der Waals surface area contributed by atoms with E-state index in [4.69, 9.17) is 4.99 Å². The Morgan fingerprint density at radius 3 is 2.96 bits per heavy atom. The number of piperidine rings is 1. The number of guanidine groups is 1. The molecule has 2 aromatic rings. The van der Waals surface area contributed by atoms with Gasteiger partial charge in [-0.15, -0.1) is 0 Å². The molecular weight excluding hydrogens is 352 g/mol. The molecule has 0 aliphatic carbocycles. The molecule has 1 atom stereocenters. The number of hydrogen-bond donors (Lipinski definition) is 2. The van der Waals surface area contributed by atoms with Gasteiger partial charge in [-0.05, 0) is 31.6 Å². The van der Waals surface area contributed by atoms with E-state index in [0.717, 1.165) is 49.0 Å². The van der Waals surface area contributed by atoms with E-state index in [2.05, 4.69) is 51.4 Å². The third-order valence-electron chi connectivity index (χ3n) is 5.46. The van der Waals surface area contributed by atoms with Crippen molar-refractivity contribution in [3.8, 4) is 0 Å². The zero-order valence-corrected chi connectivity index (χ0v) is 17.7. The quantitative estimate of drug-likeness (QED) is 0.432. The topological polar surface area (TPSA) is 83.3 Å². The van der Waals surface area contributed by atoms with Gasteiger partial charge in [0.15, 0.2) is 11.6 Å². The summed E-state index contributed by atoms with van der Waals surface area (Å²) in [5.74, 6) is 1.84. The Labute approximate surface area is 167 Å². The summed E-state index contributed by atoms with van der Waals surface area (Å²) in [6.45, 7) is 11.3. The van der Waals surface area contributed by atoms with Gasteiger partial charge in [0, 0.05) is 33.2 Å². The van der Waals surface area contributed by atoms with Crippen LogP contribution in [0.5, 0.6) is 0 Å². The molecule has 0 saturated carbocycles. The highest BCUT2D eigenvalue weighted by molar-refractivity contribution is 5.86. The molecule has 1 aliphatic rings. The van der Waals surface area contributed by atoms with Crippen LogP contribution in [0, 0.1) is 5.41 Å². The van der Waals surface area contributed by atoms with Crippen molar-refractivity contribution in [3.63, 3.8) is 0 Å². The summed E-state index contributed by atoms with van der Waals surface area (Å²) in [4.78, 5) is 15.9. The minimum Gasteiger partial charge on any atom is -0.367 e. The highest BCUT2D eigenvalue weighted by atomic mass is 15.3. The molecule has 0 spiro atoms. The fourth-order valence-electron chi connectivity index (χ4n) is 4.17. The van der Waals surface area contributed by atoms with Crippen LogP contribution >= 0.6 is 0 Å². The van der Waals surface area contributed by atoms with Crippen LogP contribution in [0.15, 0.2) is 17.5 Å². The van der Waals surface area contributed by atoms with Crippen LogP contribution in [0.2, 0.25) is 0 Å². The molecule has 28 heavy (non-hydrogen) atoms. The van der Waals surface area contributed by atoms with E-state index in [1.807, 2.05) is 7.05 Å². The van der Waals surface area contributed by atoms with Crippen molar-refractivity contribution in [1.82, 2.24) is 30.0 Å². The predicted octanol–water partition coefficient (Wildman–Crippen LogP) is 2.64. The molecule has 1 unspecified atom stereocenters. The number of rotatable bonds is 7. The fourth-order valence-corrected chi connectivity index (χ4v) is 4.17. The first-order valence-electron chi connectivity index (χ1n) is 10.5. The summed E-state index contributed by atoms with van der Waals surface area (Å²) in [6.07, 6.45) is 8.43. The molecule has 2 aromatic heterocycles. The van der Waals surface area contributed by atoms with Gasteiger partial charge >= 0.3 is 0 Å². The maximum absolute atomic E-state index is 4.87. The van der Waals surface area contributed by atoms with Crippen LogP contribution in [-0.4, -0.2) is 63.3 Å². The molecule has 1 aliphatic heterocycles. The lowest BCUT2D eigenvalue weighted by molar-refractivity contribution is 0.142. The van der Waals surface area contributed by atoms with Crippen LogP contribution in [0.3, 0.4) is 0 Å². The highest BCUT2D eigenvalue weighted by Crippen LogP contribution is 2.33. The largest absolute Gasteiger partial charge is 0.367 e. The molecule has 1 fully saturated rings. The normalized spacial score (nSPS) is 20.6.